The first-order chi connectivity index (χ1) is 11.8. The van der Waals surface area contributed by atoms with Crippen molar-refractivity contribution in [1.82, 2.24) is 9.97 Å². The lowest BCUT2D eigenvalue weighted by Crippen LogP contribution is -2.18. The molecule has 2 aromatic carbocycles. The Hall–Kier alpha value is -2.53. The molecule has 5 heteroatoms. The second-order valence-corrected chi connectivity index (χ2v) is 6.02. The Morgan fingerprint density at radius 1 is 1.12 bits per heavy atom. The van der Waals surface area contributed by atoms with Gasteiger partial charge in [0.1, 0.15) is 18.0 Å². The average molecular weight is 323 g/mol. The Morgan fingerprint density at radius 2 is 2.00 bits per heavy atom. The van der Waals surface area contributed by atoms with Crippen molar-refractivity contribution < 1.29 is 9.13 Å². The summed E-state index contributed by atoms with van der Waals surface area (Å²) in [5.41, 5.74) is 1.93. The monoisotopic (exact) mass is 323 g/mol. The van der Waals surface area contributed by atoms with E-state index in [1.165, 1.54) is 24.0 Å². The van der Waals surface area contributed by atoms with Crippen LogP contribution in [0.4, 0.5) is 10.2 Å². The van der Waals surface area contributed by atoms with E-state index in [0.29, 0.717) is 17.1 Å². The molecule has 122 valence electrons. The summed E-state index contributed by atoms with van der Waals surface area (Å²) in [5, 5.41) is 4.06. The van der Waals surface area contributed by atoms with Gasteiger partial charge in [0.05, 0.1) is 11.6 Å². The van der Waals surface area contributed by atoms with Gasteiger partial charge in [0, 0.05) is 24.5 Å². The maximum Gasteiger partial charge on any atom is 0.137 e. The maximum absolute atomic E-state index is 13.5. The van der Waals surface area contributed by atoms with Crippen LogP contribution in [0, 0.1) is 11.7 Å². The van der Waals surface area contributed by atoms with E-state index in [1.807, 2.05) is 18.2 Å². The predicted octanol–water partition coefficient (Wildman–Crippen LogP) is 3.96. The van der Waals surface area contributed by atoms with Crippen molar-refractivity contribution in [3.63, 3.8) is 0 Å². The Bertz CT molecular complexity index is 840. The number of nitrogens with one attached hydrogen (secondary N) is 1. The summed E-state index contributed by atoms with van der Waals surface area (Å²) in [4.78, 5) is 8.46. The van der Waals surface area contributed by atoms with E-state index < -0.39 is 0 Å². The zero-order valence-electron chi connectivity index (χ0n) is 13.2. The summed E-state index contributed by atoms with van der Waals surface area (Å²) in [7, 11) is 0. The molecule has 4 rings (SSSR count). The van der Waals surface area contributed by atoms with Crippen molar-refractivity contribution in [2.75, 3.05) is 18.5 Å². The molecule has 2 heterocycles. The van der Waals surface area contributed by atoms with Crippen LogP contribution in [0.5, 0.6) is 0 Å². The highest BCUT2D eigenvalue weighted by Crippen LogP contribution is 2.34. The first-order valence-corrected chi connectivity index (χ1v) is 8.12. The van der Waals surface area contributed by atoms with Gasteiger partial charge in [-0.1, -0.05) is 30.3 Å². The number of fused-ring (bicyclic) bond motifs is 1. The largest absolute Gasteiger partial charge is 0.373 e. The topological polar surface area (TPSA) is 47.0 Å². The predicted molar refractivity (Wildman–Crippen MR) is 91.2 cm³/mol. The third-order valence-electron chi connectivity index (χ3n) is 4.47. The maximum atomic E-state index is 13.5. The van der Waals surface area contributed by atoms with E-state index >= 15 is 0 Å². The number of hydrogen-bond acceptors (Lipinski definition) is 4. The zero-order chi connectivity index (χ0) is 16.4. The molecular weight excluding hydrogens is 305 g/mol. The quantitative estimate of drug-likeness (QED) is 0.789. The SMILES string of the molecule is Fc1ccc2ncnc(NCC3CCOC3c3ccccc3)c2c1. The van der Waals surface area contributed by atoms with Crippen LogP contribution in [0.25, 0.3) is 10.9 Å². The normalized spacial score (nSPS) is 20.4. The van der Waals surface area contributed by atoms with E-state index in [2.05, 4.69) is 27.4 Å². The van der Waals surface area contributed by atoms with E-state index in [9.17, 15) is 4.39 Å². The summed E-state index contributed by atoms with van der Waals surface area (Å²) in [5.74, 6) is 0.732. The lowest BCUT2D eigenvalue weighted by molar-refractivity contribution is 0.0933. The average Bonchev–Trinajstić information content (AvgIpc) is 3.09. The van der Waals surface area contributed by atoms with Gasteiger partial charge in [-0.2, -0.15) is 0 Å². The molecule has 1 fully saturated rings. The highest BCUT2D eigenvalue weighted by Gasteiger charge is 2.29. The molecule has 1 aromatic heterocycles. The first-order valence-electron chi connectivity index (χ1n) is 8.12. The van der Waals surface area contributed by atoms with Crippen molar-refractivity contribution in [2.45, 2.75) is 12.5 Å². The summed E-state index contributed by atoms with van der Waals surface area (Å²) in [6.07, 6.45) is 2.58. The highest BCUT2D eigenvalue weighted by atomic mass is 19.1. The molecule has 0 aliphatic carbocycles. The Morgan fingerprint density at radius 3 is 2.88 bits per heavy atom. The van der Waals surface area contributed by atoms with Gasteiger partial charge in [0.15, 0.2) is 0 Å². The Kier molecular flexibility index (Phi) is 4.09. The molecule has 4 nitrogen and oxygen atoms in total. The summed E-state index contributed by atoms with van der Waals surface area (Å²) < 4.78 is 19.5. The first kappa shape index (κ1) is 15.0. The van der Waals surface area contributed by atoms with Crippen molar-refractivity contribution in [3.05, 3.63) is 66.2 Å². The summed E-state index contributed by atoms with van der Waals surface area (Å²) >= 11 is 0. The van der Waals surface area contributed by atoms with Crippen LogP contribution in [0.2, 0.25) is 0 Å². The molecule has 1 N–H and O–H groups in total. The number of aromatic nitrogens is 2. The number of hydrogen-bond donors (Lipinski definition) is 1. The molecule has 0 bridgehead atoms. The van der Waals surface area contributed by atoms with Gasteiger partial charge in [0.25, 0.3) is 0 Å². The third-order valence-corrected chi connectivity index (χ3v) is 4.47. The van der Waals surface area contributed by atoms with Crippen molar-refractivity contribution in [2.24, 2.45) is 5.92 Å². The van der Waals surface area contributed by atoms with E-state index in [1.54, 1.807) is 6.07 Å². The van der Waals surface area contributed by atoms with Gasteiger partial charge in [-0.05, 0) is 30.2 Å². The number of ether oxygens (including phenoxy) is 1. The molecular formula is C19H18FN3O. The van der Waals surface area contributed by atoms with Crippen LogP contribution in [0.3, 0.4) is 0 Å². The van der Waals surface area contributed by atoms with Crippen LogP contribution in [0.1, 0.15) is 18.1 Å². The van der Waals surface area contributed by atoms with Crippen molar-refractivity contribution in [1.29, 1.82) is 0 Å². The standard InChI is InChI=1S/C19H18FN3O/c20-15-6-7-17-16(10-15)19(23-12-22-17)21-11-14-8-9-24-18(14)13-4-2-1-3-5-13/h1-7,10,12,14,18H,8-9,11H2,(H,21,22,23). The molecule has 0 radical (unpaired) electrons. The number of rotatable bonds is 4. The number of benzene rings is 2. The Labute approximate surface area is 139 Å². The second-order valence-electron chi connectivity index (χ2n) is 6.02. The minimum absolute atomic E-state index is 0.0866. The van der Waals surface area contributed by atoms with Crippen LogP contribution in [0.15, 0.2) is 54.9 Å². The van der Waals surface area contributed by atoms with E-state index in [4.69, 9.17) is 4.74 Å². The van der Waals surface area contributed by atoms with Gasteiger partial charge in [0.2, 0.25) is 0 Å². The van der Waals surface area contributed by atoms with Crippen LogP contribution >= 0.6 is 0 Å². The minimum atomic E-state index is -0.285. The van der Waals surface area contributed by atoms with Crippen molar-refractivity contribution >= 4 is 16.7 Å². The van der Waals surface area contributed by atoms with Gasteiger partial charge in [-0.25, -0.2) is 14.4 Å². The minimum Gasteiger partial charge on any atom is -0.373 e. The van der Waals surface area contributed by atoms with Crippen molar-refractivity contribution in [3.8, 4) is 0 Å². The molecule has 1 aliphatic rings. The molecule has 2 unspecified atom stereocenters. The zero-order valence-corrected chi connectivity index (χ0v) is 13.2. The van der Waals surface area contributed by atoms with Gasteiger partial charge >= 0.3 is 0 Å². The Balaban J connectivity index is 1.53. The number of halogens is 1. The summed E-state index contributed by atoms with van der Waals surface area (Å²) in [6.45, 7) is 1.48. The van der Waals surface area contributed by atoms with Gasteiger partial charge in [-0.15, -0.1) is 0 Å². The second kappa shape index (κ2) is 6.53. The molecule has 1 aliphatic heterocycles. The molecule has 0 saturated carbocycles. The smallest absolute Gasteiger partial charge is 0.137 e. The third kappa shape index (κ3) is 2.95. The molecule has 0 spiro atoms. The van der Waals surface area contributed by atoms with E-state index in [0.717, 1.165) is 25.1 Å². The van der Waals surface area contributed by atoms with E-state index in [-0.39, 0.29) is 11.9 Å². The molecule has 2 atom stereocenters. The fraction of sp³-hybridized carbons (Fsp3) is 0.263. The molecule has 3 aromatic rings. The number of nitrogens with zero attached hydrogens (tertiary/aromatic N) is 2. The summed E-state index contributed by atoms with van der Waals surface area (Å²) in [6, 6.07) is 14.8. The van der Waals surface area contributed by atoms with Crippen LogP contribution < -0.4 is 5.32 Å². The fourth-order valence-electron chi connectivity index (χ4n) is 3.25. The molecule has 0 amide bonds. The van der Waals surface area contributed by atoms with Gasteiger partial charge in [-0.3, -0.25) is 0 Å². The highest BCUT2D eigenvalue weighted by molar-refractivity contribution is 5.88. The number of anilines is 1. The molecule has 24 heavy (non-hydrogen) atoms. The molecule has 1 saturated heterocycles. The lowest BCUT2D eigenvalue weighted by atomic mass is 9.95. The fourth-order valence-corrected chi connectivity index (χ4v) is 3.25. The lowest BCUT2D eigenvalue weighted by Gasteiger charge is -2.20. The van der Waals surface area contributed by atoms with Crippen LogP contribution in [-0.2, 0) is 4.74 Å². The van der Waals surface area contributed by atoms with Gasteiger partial charge < -0.3 is 10.1 Å². The van der Waals surface area contributed by atoms with Crippen LogP contribution in [-0.4, -0.2) is 23.1 Å².